The predicted molar refractivity (Wildman–Crippen MR) is 71.3 cm³/mol. The molecule has 0 spiro atoms. The molecule has 0 amide bonds. The van der Waals surface area contributed by atoms with E-state index < -0.39 is 0 Å². The number of nitrogens with zero attached hydrogens (tertiary/aromatic N) is 2. The highest BCUT2D eigenvalue weighted by Gasteiger charge is 2.18. The van der Waals surface area contributed by atoms with Gasteiger partial charge in [0.15, 0.2) is 11.6 Å². The first kappa shape index (κ1) is 11.9. The molecular formula is C14H15N3O2. The van der Waals surface area contributed by atoms with Crippen molar-refractivity contribution >= 4 is 0 Å². The van der Waals surface area contributed by atoms with E-state index in [4.69, 9.17) is 9.47 Å². The Hall–Kier alpha value is -2.14. The lowest BCUT2D eigenvalue weighted by atomic mass is 10.2. The lowest BCUT2D eigenvalue weighted by molar-refractivity contribution is 0.141. The number of hydrogen-bond donors (Lipinski definition) is 1. The summed E-state index contributed by atoms with van der Waals surface area (Å²) >= 11 is 0. The van der Waals surface area contributed by atoms with E-state index in [9.17, 15) is 0 Å². The van der Waals surface area contributed by atoms with Crippen LogP contribution in [0, 0.1) is 0 Å². The minimum atomic E-state index is 0.246. The zero-order chi connectivity index (χ0) is 13.1. The van der Waals surface area contributed by atoms with Gasteiger partial charge in [-0.15, -0.1) is 0 Å². The largest absolute Gasteiger partial charge is 0.497 e. The molecule has 1 N–H and O–H groups in total. The minimum Gasteiger partial charge on any atom is -0.497 e. The van der Waals surface area contributed by atoms with Crippen LogP contribution in [0.5, 0.6) is 11.5 Å². The van der Waals surface area contributed by atoms with E-state index in [2.05, 4.69) is 15.3 Å². The highest BCUT2D eigenvalue weighted by Crippen LogP contribution is 2.20. The fourth-order valence-electron chi connectivity index (χ4n) is 1.80. The van der Waals surface area contributed by atoms with Gasteiger partial charge in [0, 0.05) is 18.7 Å². The molecule has 1 aromatic carbocycles. The van der Waals surface area contributed by atoms with Crippen molar-refractivity contribution in [3.8, 4) is 22.9 Å². The maximum Gasteiger partial charge on any atom is 0.159 e. The number of methoxy groups -OCH3 is 1. The average molecular weight is 257 g/mol. The van der Waals surface area contributed by atoms with Gasteiger partial charge in [0.1, 0.15) is 11.9 Å². The Balaban J connectivity index is 1.73. The average Bonchev–Trinajstić information content (AvgIpc) is 2.44. The molecule has 1 saturated heterocycles. The fourth-order valence-corrected chi connectivity index (χ4v) is 1.80. The number of nitrogens with one attached hydrogen (secondary N) is 1. The van der Waals surface area contributed by atoms with Gasteiger partial charge in [0.2, 0.25) is 0 Å². The highest BCUT2D eigenvalue weighted by atomic mass is 16.5. The van der Waals surface area contributed by atoms with Crippen LogP contribution in [0.2, 0.25) is 0 Å². The summed E-state index contributed by atoms with van der Waals surface area (Å²) in [5.74, 6) is 2.21. The van der Waals surface area contributed by atoms with Crippen LogP contribution in [0.3, 0.4) is 0 Å². The summed E-state index contributed by atoms with van der Waals surface area (Å²) in [4.78, 5) is 8.64. The standard InChI is InChI=1S/C14H15N3O2/c1-18-11-4-2-10(3-5-11)14-16-8-13(9-17-14)19-12-6-15-7-12/h2-5,8-9,12,15H,6-7H2,1H3. The first-order chi connectivity index (χ1) is 9.35. The highest BCUT2D eigenvalue weighted by molar-refractivity contribution is 5.56. The maximum atomic E-state index is 5.67. The van der Waals surface area contributed by atoms with Crippen LogP contribution in [0.25, 0.3) is 11.4 Å². The van der Waals surface area contributed by atoms with Crippen molar-refractivity contribution in [2.75, 3.05) is 20.2 Å². The van der Waals surface area contributed by atoms with Gasteiger partial charge < -0.3 is 14.8 Å². The summed E-state index contributed by atoms with van der Waals surface area (Å²) in [7, 11) is 1.65. The smallest absolute Gasteiger partial charge is 0.159 e. The quantitative estimate of drug-likeness (QED) is 0.899. The molecule has 1 fully saturated rings. The van der Waals surface area contributed by atoms with Crippen molar-refractivity contribution in [3.05, 3.63) is 36.7 Å². The Morgan fingerprint density at radius 3 is 2.26 bits per heavy atom. The topological polar surface area (TPSA) is 56.3 Å². The number of rotatable bonds is 4. The molecule has 2 heterocycles. The summed E-state index contributed by atoms with van der Waals surface area (Å²) in [6, 6.07) is 7.65. The third kappa shape index (κ3) is 2.66. The first-order valence-corrected chi connectivity index (χ1v) is 6.19. The first-order valence-electron chi connectivity index (χ1n) is 6.19. The zero-order valence-corrected chi connectivity index (χ0v) is 10.7. The Labute approximate surface area is 111 Å². The van der Waals surface area contributed by atoms with Gasteiger partial charge in [-0.3, -0.25) is 0 Å². The molecule has 0 atom stereocenters. The third-order valence-corrected chi connectivity index (χ3v) is 3.02. The summed E-state index contributed by atoms with van der Waals surface area (Å²) in [5.41, 5.74) is 0.956. The van der Waals surface area contributed by atoms with E-state index in [0.717, 1.165) is 24.4 Å². The van der Waals surface area contributed by atoms with Crippen molar-refractivity contribution in [3.63, 3.8) is 0 Å². The monoisotopic (exact) mass is 257 g/mol. The van der Waals surface area contributed by atoms with Crippen molar-refractivity contribution in [1.29, 1.82) is 0 Å². The number of ether oxygens (including phenoxy) is 2. The van der Waals surface area contributed by atoms with Gasteiger partial charge in [-0.25, -0.2) is 9.97 Å². The molecule has 0 radical (unpaired) electrons. The van der Waals surface area contributed by atoms with Crippen molar-refractivity contribution in [2.45, 2.75) is 6.10 Å². The van der Waals surface area contributed by atoms with Crippen molar-refractivity contribution in [1.82, 2.24) is 15.3 Å². The second-order valence-electron chi connectivity index (χ2n) is 4.37. The van der Waals surface area contributed by atoms with E-state index in [1.165, 1.54) is 0 Å². The van der Waals surface area contributed by atoms with E-state index in [1.807, 2.05) is 24.3 Å². The third-order valence-electron chi connectivity index (χ3n) is 3.02. The Morgan fingerprint density at radius 2 is 1.74 bits per heavy atom. The van der Waals surface area contributed by atoms with Crippen LogP contribution in [0.4, 0.5) is 0 Å². The van der Waals surface area contributed by atoms with Gasteiger partial charge in [0.05, 0.1) is 19.5 Å². The lowest BCUT2D eigenvalue weighted by Crippen LogP contribution is -2.50. The van der Waals surface area contributed by atoms with Crippen LogP contribution in [-0.2, 0) is 0 Å². The summed E-state index contributed by atoms with van der Waals surface area (Å²) in [5, 5.41) is 3.15. The maximum absolute atomic E-state index is 5.67. The second-order valence-corrected chi connectivity index (χ2v) is 4.37. The predicted octanol–water partition coefficient (Wildman–Crippen LogP) is 1.50. The molecule has 19 heavy (non-hydrogen) atoms. The van der Waals surface area contributed by atoms with Crippen molar-refractivity contribution < 1.29 is 9.47 Å². The zero-order valence-electron chi connectivity index (χ0n) is 10.7. The summed E-state index contributed by atoms with van der Waals surface area (Å²) in [6.07, 6.45) is 3.67. The normalized spacial score (nSPS) is 14.8. The molecule has 1 aliphatic rings. The molecule has 3 rings (SSSR count). The van der Waals surface area contributed by atoms with Crippen LogP contribution >= 0.6 is 0 Å². The molecule has 1 aliphatic heterocycles. The second kappa shape index (κ2) is 5.24. The molecule has 0 saturated carbocycles. The lowest BCUT2D eigenvalue weighted by Gasteiger charge is -2.27. The van der Waals surface area contributed by atoms with Gasteiger partial charge in [-0.2, -0.15) is 0 Å². The molecule has 98 valence electrons. The van der Waals surface area contributed by atoms with Gasteiger partial charge in [-0.1, -0.05) is 0 Å². The van der Waals surface area contributed by atoms with Crippen LogP contribution in [0.1, 0.15) is 0 Å². The molecule has 5 heteroatoms. The van der Waals surface area contributed by atoms with Gasteiger partial charge in [-0.05, 0) is 24.3 Å². The number of aromatic nitrogens is 2. The van der Waals surface area contributed by atoms with Crippen LogP contribution in [-0.4, -0.2) is 36.3 Å². The molecule has 0 bridgehead atoms. The number of hydrogen-bond acceptors (Lipinski definition) is 5. The van der Waals surface area contributed by atoms with Crippen LogP contribution in [0.15, 0.2) is 36.7 Å². The number of benzene rings is 1. The molecule has 2 aromatic rings. The molecule has 1 aromatic heterocycles. The minimum absolute atomic E-state index is 0.246. The van der Waals surface area contributed by atoms with Crippen LogP contribution < -0.4 is 14.8 Å². The van der Waals surface area contributed by atoms with E-state index in [1.54, 1.807) is 19.5 Å². The fraction of sp³-hybridized carbons (Fsp3) is 0.286. The summed E-state index contributed by atoms with van der Waals surface area (Å²) < 4.78 is 10.8. The van der Waals surface area contributed by atoms with Crippen molar-refractivity contribution in [2.24, 2.45) is 0 Å². The Morgan fingerprint density at radius 1 is 1.05 bits per heavy atom. The van der Waals surface area contributed by atoms with Gasteiger partial charge in [0.25, 0.3) is 0 Å². The van der Waals surface area contributed by atoms with E-state index in [-0.39, 0.29) is 6.10 Å². The molecular weight excluding hydrogens is 242 g/mol. The molecule has 0 aliphatic carbocycles. The van der Waals surface area contributed by atoms with E-state index >= 15 is 0 Å². The summed E-state index contributed by atoms with van der Waals surface area (Å²) in [6.45, 7) is 1.78. The Kier molecular flexibility index (Phi) is 3.29. The Bertz CT molecular complexity index is 536. The molecule has 5 nitrogen and oxygen atoms in total. The van der Waals surface area contributed by atoms with Gasteiger partial charge >= 0.3 is 0 Å². The van der Waals surface area contributed by atoms with E-state index in [0.29, 0.717) is 11.6 Å². The molecule has 0 unspecified atom stereocenters. The SMILES string of the molecule is COc1ccc(-c2ncc(OC3CNC3)cn2)cc1.